The van der Waals surface area contributed by atoms with Gasteiger partial charge in [0.25, 0.3) is 0 Å². The SMILES string of the molecule is CC(=O)Nc1ccc2nc(-c3ccc(C=O)cc3)cn2c1. The summed E-state index contributed by atoms with van der Waals surface area (Å²) in [6.45, 7) is 1.47. The molecule has 21 heavy (non-hydrogen) atoms. The third kappa shape index (κ3) is 2.67. The fourth-order valence-corrected chi connectivity index (χ4v) is 2.14. The molecule has 3 rings (SSSR count). The van der Waals surface area contributed by atoms with Crippen molar-refractivity contribution in [3.63, 3.8) is 0 Å². The zero-order valence-corrected chi connectivity index (χ0v) is 11.4. The number of benzene rings is 1. The van der Waals surface area contributed by atoms with E-state index < -0.39 is 0 Å². The normalized spacial score (nSPS) is 10.5. The zero-order chi connectivity index (χ0) is 14.8. The predicted molar refractivity (Wildman–Crippen MR) is 80.3 cm³/mol. The summed E-state index contributed by atoms with van der Waals surface area (Å²) >= 11 is 0. The lowest BCUT2D eigenvalue weighted by Gasteiger charge is -2.01. The standard InChI is InChI=1S/C16H13N3O2/c1-11(21)17-14-6-7-16-18-15(9-19(16)8-14)13-4-2-12(10-20)3-5-13/h2-10H,1H3,(H,17,21). The first-order valence-corrected chi connectivity index (χ1v) is 6.48. The number of rotatable bonds is 3. The van der Waals surface area contributed by atoms with E-state index in [1.165, 1.54) is 6.92 Å². The van der Waals surface area contributed by atoms with Crippen molar-refractivity contribution in [2.24, 2.45) is 0 Å². The molecule has 0 spiro atoms. The Kier molecular flexibility index (Phi) is 3.23. The molecule has 1 N–H and O–H groups in total. The smallest absolute Gasteiger partial charge is 0.221 e. The molecule has 0 aliphatic carbocycles. The number of nitrogens with zero attached hydrogens (tertiary/aromatic N) is 2. The van der Waals surface area contributed by atoms with Gasteiger partial charge in [0.1, 0.15) is 11.9 Å². The molecule has 0 atom stereocenters. The number of hydrogen-bond donors (Lipinski definition) is 1. The number of carbonyl (C=O) groups excluding carboxylic acids is 2. The Morgan fingerprint density at radius 3 is 2.57 bits per heavy atom. The van der Waals surface area contributed by atoms with Crippen LogP contribution in [0.5, 0.6) is 0 Å². The molecule has 0 saturated heterocycles. The lowest BCUT2D eigenvalue weighted by molar-refractivity contribution is -0.114. The average Bonchev–Trinajstić information content (AvgIpc) is 2.90. The summed E-state index contributed by atoms with van der Waals surface area (Å²) in [6.07, 6.45) is 4.51. The van der Waals surface area contributed by atoms with Gasteiger partial charge in [-0.05, 0) is 12.1 Å². The van der Waals surface area contributed by atoms with Gasteiger partial charge >= 0.3 is 0 Å². The molecular formula is C16H13N3O2. The first kappa shape index (κ1) is 13.1. The number of anilines is 1. The van der Waals surface area contributed by atoms with Gasteiger partial charge in [0.2, 0.25) is 5.91 Å². The number of fused-ring (bicyclic) bond motifs is 1. The van der Waals surface area contributed by atoms with Gasteiger partial charge in [0, 0.05) is 30.4 Å². The van der Waals surface area contributed by atoms with Crippen molar-refractivity contribution in [2.75, 3.05) is 5.32 Å². The van der Waals surface area contributed by atoms with E-state index in [4.69, 9.17) is 0 Å². The minimum absolute atomic E-state index is 0.112. The van der Waals surface area contributed by atoms with Crippen molar-refractivity contribution in [3.05, 3.63) is 54.4 Å². The van der Waals surface area contributed by atoms with Gasteiger partial charge in [-0.25, -0.2) is 4.98 Å². The van der Waals surface area contributed by atoms with Gasteiger partial charge in [-0.3, -0.25) is 9.59 Å². The first-order chi connectivity index (χ1) is 10.2. The van der Waals surface area contributed by atoms with Gasteiger partial charge in [-0.15, -0.1) is 0 Å². The van der Waals surface area contributed by atoms with E-state index in [1.54, 1.807) is 12.1 Å². The predicted octanol–water partition coefficient (Wildman–Crippen LogP) is 2.77. The summed E-state index contributed by atoms with van der Waals surface area (Å²) in [5.41, 5.74) is 3.89. The van der Waals surface area contributed by atoms with Gasteiger partial charge in [0.15, 0.2) is 0 Å². The first-order valence-electron chi connectivity index (χ1n) is 6.48. The second kappa shape index (κ2) is 5.20. The number of aldehydes is 1. The molecule has 104 valence electrons. The third-order valence-electron chi connectivity index (χ3n) is 3.11. The maximum absolute atomic E-state index is 11.1. The van der Waals surface area contributed by atoms with E-state index in [-0.39, 0.29) is 5.91 Å². The number of carbonyl (C=O) groups is 2. The van der Waals surface area contributed by atoms with E-state index in [9.17, 15) is 9.59 Å². The topological polar surface area (TPSA) is 63.5 Å². The number of pyridine rings is 1. The van der Waals surface area contributed by atoms with Crippen molar-refractivity contribution in [1.29, 1.82) is 0 Å². The molecule has 0 aliphatic rings. The molecule has 0 aliphatic heterocycles. The van der Waals surface area contributed by atoms with Crippen LogP contribution in [0.1, 0.15) is 17.3 Å². The van der Waals surface area contributed by atoms with Crippen LogP contribution in [0.4, 0.5) is 5.69 Å². The fraction of sp³-hybridized carbons (Fsp3) is 0.0625. The monoisotopic (exact) mass is 279 g/mol. The molecule has 0 bridgehead atoms. The van der Waals surface area contributed by atoms with E-state index in [0.717, 1.165) is 28.9 Å². The van der Waals surface area contributed by atoms with E-state index in [0.29, 0.717) is 5.56 Å². The van der Waals surface area contributed by atoms with Crippen LogP contribution in [-0.2, 0) is 4.79 Å². The van der Waals surface area contributed by atoms with Crippen molar-refractivity contribution < 1.29 is 9.59 Å². The molecule has 0 saturated carbocycles. The number of imidazole rings is 1. The van der Waals surface area contributed by atoms with Gasteiger partial charge in [-0.1, -0.05) is 24.3 Å². The van der Waals surface area contributed by atoms with Crippen LogP contribution in [0.3, 0.4) is 0 Å². The number of hydrogen-bond acceptors (Lipinski definition) is 3. The van der Waals surface area contributed by atoms with Gasteiger partial charge in [0.05, 0.1) is 11.4 Å². The van der Waals surface area contributed by atoms with E-state index in [1.807, 2.05) is 41.1 Å². The summed E-state index contributed by atoms with van der Waals surface area (Å²) in [6, 6.07) is 10.9. The molecule has 3 aromatic rings. The third-order valence-corrected chi connectivity index (χ3v) is 3.11. The average molecular weight is 279 g/mol. The van der Waals surface area contributed by atoms with E-state index >= 15 is 0 Å². The van der Waals surface area contributed by atoms with Crippen LogP contribution in [0, 0.1) is 0 Å². The highest BCUT2D eigenvalue weighted by Gasteiger charge is 2.05. The van der Waals surface area contributed by atoms with Crippen LogP contribution in [0.25, 0.3) is 16.9 Å². The molecule has 1 aromatic carbocycles. The molecule has 0 unspecified atom stereocenters. The molecule has 2 aromatic heterocycles. The minimum Gasteiger partial charge on any atom is -0.325 e. The summed E-state index contributed by atoms with van der Waals surface area (Å²) in [4.78, 5) is 26.3. The van der Waals surface area contributed by atoms with Crippen LogP contribution in [0.2, 0.25) is 0 Å². The Labute approximate surface area is 121 Å². The maximum atomic E-state index is 11.1. The van der Waals surface area contributed by atoms with Crippen LogP contribution < -0.4 is 5.32 Å². The molecule has 0 radical (unpaired) electrons. The van der Waals surface area contributed by atoms with Crippen molar-refractivity contribution in [3.8, 4) is 11.3 Å². The van der Waals surface area contributed by atoms with Crippen molar-refractivity contribution >= 4 is 23.5 Å². The van der Waals surface area contributed by atoms with Crippen molar-refractivity contribution in [1.82, 2.24) is 9.38 Å². The fourth-order valence-electron chi connectivity index (χ4n) is 2.14. The lowest BCUT2D eigenvalue weighted by atomic mass is 10.1. The number of aromatic nitrogens is 2. The Balaban J connectivity index is 1.99. The molecule has 5 heteroatoms. The van der Waals surface area contributed by atoms with Gasteiger partial charge < -0.3 is 9.72 Å². The zero-order valence-electron chi connectivity index (χ0n) is 11.4. The largest absolute Gasteiger partial charge is 0.325 e. The van der Waals surface area contributed by atoms with Crippen LogP contribution >= 0.6 is 0 Å². The molecule has 0 fully saturated rings. The second-order valence-corrected chi connectivity index (χ2v) is 4.73. The molecular weight excluding hydrogens is 266 g/mol. The van der Waals surface area contributed by atoms with Crippen LogP contribution in [0.15, 0.2) is 48.8 Å². The van der Waals surface area contributed by atoms with E-state index in [2.05, 4.69) is 10.3 Å². The number of amides is 1. The highest BCUT2D eigenvalue weighted by Crippen LogP contribution is 2.20. The van der Waals surface area contributed by atoms with Crippen molar-refractivity contribution in [2.45, 2.75) is 6.92 Å². The Morgan fingerprint density at radius 1 is 1.14 bits per heavy atom. The summed E-state index contributed by atoms with van der Waals surface area (Å²) in [5.74, 6) is -0.112. The highest BCUT2D eigenvalue weighted by atomic mass is 16.1. The van der Waals surface area contributed by atoms with Crippen LogP contribution in [-0.4, -0.2) is 21.6 Å². The Bertz CT molecular complexity index is 819. The maximum Gasteiger partial charge on any atom is 0.221 e. The number of nitrogens with one attached hydrogen (secondary N) is 1. The molecule has 1 amide bonds. The van der Waals surface area contributed by atoms with Gasteiger partial charge in [-0.2, -0.15) is 0 Å². The summed E-state index contributed by atoms with van der Waals surface area (Å²) in [5, 5.41) is 2.73. The minimum atomic E-state index is -0.112. The summed E-state index contributed by atoms with van der Waals surface area (Å²) < 4.78 is 1.86. The Morgan fingerprint density at radius 2 is 1.90 bits per heavy atom. The quantitative estimate of drug-likeness (QED) is 0.750. The molecule has 5 nitrogen and oxygen atoms in total. The summed E-state index contributed by atoms with van der Waals surface area (Å²) in [7, 11) is 0. The highest BCUT2D eigenvalue weighted by molar-refractivity contribution is 5.88. The second-order valence-electron chi connectivity index (χ2n) is 4.73. The lowest BCUT2D eigenvalue weighted by Crippen LogP contribution is -2.06. The molecule has 2 heterocycles. The Hall–Kier alpha value is -2.95.